The van der Waals surface area contributed by atoms with E-state index in [9.17, 15) is 0 Å². The number of rotatable bonds is 7. The third-order valence-electron chi connectivity index (χ3n) is 1.88. The van der Waals surface area contributed by atoms with Crippen LogP contribution in [-0.4, -0.2) is 32.5 Å². The highest BCUT2D eigenvalue weighted by atomic mass is 16.5. The Balaban J connectivity index is 3.19. The first kappa shape index (κ1) is 11.9. The molecule has 0 aliphatic heterocycles. The second-order valence-corrected chi connectivity index (χ2v) is 3.41. The Morgan fingerprint density at radius 2 is 2.00 bits per heavy atom. The van der Waals surface area contributed by atoms with Gasteiger partial charge in [-0.25, -0.2) is 0 Å². The minimum atomic E-state index is -0.174. The fourth-order valence-corrected chi connectivity index (χ4v) is 0.713. The largest absolute Gasteiger partial charge is 0.385 e. The molecule has 0 aromatic rings. The van der Waals surface area contributed by atoms with Crippen molar-refractivity contribution in [1.29, 1.82) is 0 Å². The van der Waals surface area contributed by atoms with E-state index in [0.717, 1.165) is 26.1 Å². The van der Waals surface area contributed by atoms with E-state index in [1.54, 1.807) is 7.11 Å². The maximum Gasteiger partial charge on any atom is 0.0643 e. The maximum atomic E-state index is 5.87. The molecule has 0 aromatic heterocycles. The molecule has 0 fully saturated rings. The van der Waals surface area contributed by atoms with Crippen LogP contribution in [0.25, 0.3) is 0 Å². The third kappa shape index (κ3) is 6.58. The van der Waals surface area contributed by atoms with Gasteiger partial charge in [0.1, 0.15) is 0 Å². The molecule has 0 aliphatic rings. The average Bonchev–Trinajstić information content (AvgIpc) is 2.04. The first-order valence-corrected chi connectivity index (χ1v) is 4.48. The van der Waals surface area contributed by atoms with Crippen molar-refractivity contribution in [3.05, 3.63) is 0 Å². The van der Waals surface area contributed by atoms with E-state index in [4.69, 9.17) is 15.2 Å². The van der Waals surface area contributed by atoms with Gasteiger partial charge in [-0.15, -0.1) is 0 Å². The minimum Gasteiger partial charge on any atom is -0.385 e. The molecular formula is C9H21NO2. The van der Waals surface area contributed by atoms with Crippen molar-refractivity contribution in [2.75, 3.05) is 26.9 Å². The Morgan fingerprint density at radius 1 is 1.33 bits per heavy atom. The van der Waals surface area contributed by atoms with Crippen LogP contribution in [0.4, 0.5) is 0 Å². The van der Waals surface area contributed by atoms with Crippen molar-refractivity contribution in [2.45, 2.75) is 32.2 Å². The molecule has 12 heavy (non-hydrogen) atoms. The Bertz CT molecular complexity index is 105. The second-order valence-electron chi connectivity index (χ2n) is 3.41. The molecule has 0 spiro atoms. The molecule has 3 nitrogen and oxygen atoms in total. The third-order valence-corrected chi connectivity index (χ3v) is 1.88. The summed E-state index contributed by atoms with van der Waals surface area (Å²) in [5.74, 6) is 0. The maximum absolute atomic E-state index is 5.87. The zero-order valence-electron chi connectivity index (χ0n) is 8.43. The minimum absolute atomic E-state index is 0.174. The molecule has 0 heterocycles. The molecule has 1 unspecified atom stereocenters. The van der Waals surface area contributed by atoms with Crippen LogP contribution in [0.3, 0.4) is 0 Å². The number of ether oxygens (including phenoxy) is 2. The van der Waals surface area contributed by atoms with Crippen LogP contribution in [-0.2, 0) is 9.47 Å². The second kappa shape index (κ2) is 6.40. The lowest BCUT2D eigenvalue weighted by Gasteiger charge is -2.22. The highest BCUT2D eigenvalue weighted by molar-refractivity contribution is 4.75. The van der Waals surface area contributed by atoms with Gasteiger partial charge in [0.15, 0.2) is 0 Å². The van der Waals surface area contributed by atoms with Crippen LogP contribution in [0.5, 0.6) is 0 Å². The molecule has 0 bridgehead atoms. The van der Waals surface area contributed by atoms with Crippen LogP contribution < -0.4 is 5.73 Å². The van der Waals surface area contributed by atoms with Crippen LogP contribution in [0, 0.1) is 0 Å². The molecule has 0 saturated heterocycles. The number of methoxy groups -OCH3 is 1. The van der Waals surface area contributed by atoms with E-state index in [1.165, 1.54) is 0 Å². The Hall–Kier alpha value is -0.120. The summed E-state index contributed by atoms with van der Waals surface area (Å²) in [6, 6.07) is 0. The summed E-state index contributed by atoms with van der Waals surface area (Å²) in [5, 5.41) is 0. The fraction of sp³-hybridized carbons (Fsp3) is 1.00. The van der Waals surface area contributed by atoms with Crippen molar-refractivity contribution in [3.63, 3.8) is 0 Å². The summed E-state index contributed by atoms with van der Waals surface area (Å²) in [5.41, 5.74) is 5.70. The summed E-state index contributed by atoms with van der Waals surface area (Å²) in [6.45, 7) is 6.20. The summed E-state index contributed by atoms with van der Waals surface area (Å²) in [7, 11) is 1.69. The molecule has 1 atom stereocenters. The lowest BCUT2D eigenvalue weighted by molar-refractivity contribution is 0.0713. The van der Waals surface area contributed by atoms with Gasteiger partial charge in [0.25, 0.3) is 0 Å². The molecule has 0 radical (unpaired) electrons. The molecule has 3 heteroatoms. The van der Waals surface area contributed by atoms with Crippen LogP contribution >= 0.6 is 0 Å². The standard InChI is InChI=1S/C9H21NO2/c1-4-9(2,10)8-12-7-5-6-11-3/h4-8,10H2,1-3H3. The van der Waals surface area contributed by atoms with Crippen LogP contribution in [0.2, 0.25) is 0 Å². The van der Waals surface area contributed by atoms with Gasteiger partial charge in [-0.3, -0.25) is 0 Å². The number of hydrogen-bond donors (Lipinski definition) is 1. The van der Waals surface area contributed by atoms with Gasteiger partial charge in [-0.2, -0.15) is 0 Å². The molecule has 0 rings (SSSR count). The Morgan fingerprint density at radius 3 is 2.50 bits per heavy atom. The smallest absolute Gasteiger partial charge is 0.0643 e. The summed E-state index contributed by atoms with van der Waals surface area (Å²) in [4.78, 5) is 0. The average molecular weight is 175 g/mol. The first-order chi connectivity index (χ1) is 5.62. The monoisotopic (exact) mass is 175 g/mol. The van der Waals surface area contributed by atoms with E-state index in [2.05, 4.69) is 6.92 Å². The molecule has 74 valence electrons. The van der Waals surface area contributed by atoms with E-state index >= 15 is 0 Å². The van der Waals surface area contributed by atoms with Crippen LogP contribution in [0.15, 0.2) is 0 Å². The molecule has 0 aromatic carbocycles. The van der Waals surface area contributed by atoms with Crippen molar-refractivity contribution in [3.8, 4) is 0 Å². The molecule has 0 saturated carbocycles. The SMILES string of the molecule is CCC(C)(N)COCCCOC. The molecule has 2 N–H and O–H groups in total. The van der Waals surface area contributed by atoms with E-state index in [0.29, 0.717) is 6.61 Å². The van der Waals surface area contributed by atoms with Crippen molar-refractivity contribution in [1.82, 2.24) is 0 Å². The van der Waals surface area contributed by atoms with E-state index in [-0.39, 0.29) is 5.54 Å². The summed E-state index contributed by atoms with van der Waals surface area (Å²) < 4.78 is 10.3. The topological polar surface area (TPSA) is 44.5 Å². The lowest BCUT2D eigenvalue weighted by atomic mass is 10.0. The highest BCUT2D eigenvalue weighted by Gasteiger charge is 2.14. The quantitative estimate of drug-likeness (QED) is 0.591. The molecule has 0 amide bonds. The Labute approximate surface area is 75.2 Å². The van der Waals surface area contributed by atoms with Gasteiger partial charge in [0, 0.05) is 25.9 Å². The summed E-state index contributed by atoms with van der Waals surface area (Å²) in [6.07, 6.45) is 1.88. The van der Waals surface area contributed by atoms with Crippen molar-refractivity contribution >= 4 is 0 Å². The number of hydrogen-bond acceptors (Lipinski definition) is 3. The summed E-state index contributed by atoms with van der Waals surface area (Å²) >= 11 is 0. The lowest BCUT2D eigenvalue weighted by Crippen LogP contribution is -2.40. The van der Waals surface area contributed by atoms with Crippen LogP contribution in [0.1, 0.15) is 26.7 Å². The van der Waals surface area contributed by atoms with Crippen molar-refractivity contribution in [2.24, 2.45) is 5.73 Å². The highest BCUT2D eigenvalue weighted by Crippen LogP contribution is 2.04. The molecule has 0 aliphatic carbocycles. The van der Waals surface area contributed by atoms with Gasteiger partial charge < -0.3 is 15.2 Å². The van der Waals surface area contributed by atoms with Gasteiger partial charge in [-0.05, 0) is 19.8 Å². The molecular weight excluding hydrogens is 154 g/mol. The predicted octanol–water partition coefficient (Wildman–Crippen LogP) is 1.17. The first-order valence-electron chi connectivity index (χ1n) is 4.48. The van der Waals surface area contributed by atoms with Gasteiger partial charge in [0.2, 0.25) is 0 Å². The zero-order chi connectivity index (χ0) is 9.45. The van der Waals surface area contributed by atoms with Gasteiger partial charge in [0.05, 0.1) is 6.61 Å². The van der Waals surface area contributed by atoms with Gasteiger partial charge >= 0.3 is 0 Å². The van der Waals surface area contributed by atoms with E-state index in [1.807, 2.05) is 6.92 Å². The zero-order valence-corrected chi connectivity index (χ0v) is 8.43. The fourth-order valence-electron chi connectivity index (χ4n) is 0.713. The van der Waals surface area contributed by atoms with Crippen molar-refractivity contribution < 1.29 is 9.47 Å². The van der Waals surface area contributed by atoms with E-state index < -0.39 is 0 Å². The van der Waals surface area contributed by atoms with Gasteiger partial charge in [-0.1, -0.05) is 6.92 Å². The Kier molecular flexibility index (Phi) is 6.34. The number of nitrogens with two attached hydrogens (primary N) is 1. The normalized spacial score (nSPS) is 16.0. The predicted molar refractivity (Wildman–Crippen MR) is 50.2 cm³/mol.